The van der Waals surface area contributed by atoms with Crippen molar-refractivity contribution in [3.63, 3.8) is 0 Å². The summed E-state index contributed by atoms with van der Waals surface area (Å²) in [5.74, 6) is -3.72. The molecule has 0 saturated carbocycles. The fourth-order valence-corrected chi connectivity index (χ4v) is 1.35. The highest BCUT2D eigenvalue weighted by Crippen LogP contribution is 2.20. The molecule has 0 bridgehead atoms. The topological polar surface area (TPSA) is 90.6 Å². The van der Waals surface area contributed by atoms with Crippen LogP contribution < -0.4 is 11.1 Å². The van der Waals surface area contributed by atoms with Crippen molar-refractivity contribution in [3.05, 3.63) is 29.3 Å². The number of halogens is 2. The van der Waals surface area contributed by atoms with Gasteiger partial charge in [0, 0.05) is 12.6 Å². The Morgan fingerprint density at radius 1 is 1.30 bits per heavy atom. The molecule has 8 heteroatoms. The van der Waals surface area contributed by atoms with Crippen molar-refractivity contribution in [2.45, 2.75) is 0 Å². The Hall–Kier alpha value is -2.06. The van der Waals surface area contributed by atoms with E-state index in [4.69, 9.17) is 10.5 Å². The molecule has 1 aromatic carbocycles. The number of anilines is 1. The molecule has 0 aromatic heterocycles. The molecular weight excluding hydrogens is 274 g/mol. The van der Waals surface area contributed by atoms with Crippen LogP contribution in [0.25, 0.3) is 0 Å². The molecule has 110 valence electrons. The number of hydrogen-bond donors (Lipinski definition) is 2. The van der Waals surface area contributed by atoms with Crippen molar-refractivity contribution < 1.29 is 27.8 Å². The number of benzene rings is 1. The number of ether oxygens (including phenoxy) is 2. The Balaban J connectivity index is 2.84. The first-order valence-electron chi connectivity index (χ1n) is 5.64. The van der Waals surface area contributed by atoms with Crippen LogP contribution in [0.2, 0.25) is 0 Å². The zero-order valence-electron chi connectivity index (χ0n) is 10.7. The van der Waals surface area contributed by atoms with Gasteiger partial charge in [0.1, 0.15) is 18.2 Å². The van der Waals surface area contributed by atoms with Crippen molar-refractivity contribution in [1.82, 2.24) is 0 Å². The van der Waals surface area contributed by atoms with E-state index in [9.17, 15) is 18.4 Å². The summed E-state index contributed by atoms with van der Waals surface area (Å²) in [7, 11) is 1.06. The van der Waals surface area contributed by atoms with Crippen molar-refractivity contribution in [3.8, 4) is 0 Å². The summed E-state index contributed by atoms with van der Waals surface area (Å²) in [4.78, 5) is 22.7. The first-order valence-corrected chi connectivity index (χ1v) is 5.64. The molecule has 20 heavy (non-hydrogen) atoms. The third-order valence-electron chi connectivity index (χ3n) is 2.23. The lowest BCUT2D eigenvalue weighted by Crippen LogP contribution is -2.21. The van der Waals surface area contributed by atoms with Gasteiger partial charge in [-0.2, -0.15) is 0 Å². The highest BCUT2D eigenvalue weighted by atomic mass is 19.1. The van der Waals surface area contributed by atoms with Gasteiger partial charge in [-0.3, -0.25) is 4.79 Å². The van der Waals surface area contributed by atoms with Crippen LogP contribution in [0, 0.1) is 11.6 Å². The number of hydrogen-bond acceptors (Lipinski definition) is 5. The lowest BCUT2D eigenvalue weighted by atomic mass is 10.1. The van der Waals surface area contributed by atoms with Gasteiger partial charge in [0.15, 0.2) is 0 Å². The van der Waals surface area contributed by atoms with Crippen LogP contribution in [0.15, 0.2) is 12.1 Å². The highest BCUT2D eigenvalue weighted by Gasteiger charge is 2.17. The molecule has 1 rings (SSSR count). The van der Waals surface area contributed by atoms with Gasteiger partial charge in [0.25, 0.3) is 0 Å². The predicted octanol–water partition coefficient (Wildman–Crippen LogP) is 0.665. The molecule has 0 atom stereocenters. The number of nitrogens with one attached hydrogen (secondary N) is 1. The number of methoxy groups -OCH3 is 1. The zero-order valence-corrected chi connectivity index (χ0v) is 10.7. The SMILES string of the molecule is COC(=O)c1cc(NC(=O)COCCN)c(F)cc1F. The Morgan fingerprint density at radius 3 is 2.60 bits per heavy atom. The summed E-state index contributed by atoms with van der Waals surface area (Å²) in [5, 5.41) is 2.16. The fraction of sp³-hybridized carbons (Fsp3) is 0.333. The van der Waals surface area contributed by atoms with Gasteiger partial charge in [-0.1, -0.05) is 0 Å². The molecule has 0 unspecified atom stereocenters. The van der Waals surface area contributed by atoms with Gasteiger partial charge in [-0.15, -0.1) is 0 Å². The molecule has 0 heterocycles. The van der Waals surface area contributed by atoms with Gasteiger partial charge < -0.3 is 20.5 Å². The van der Waals surface area contributed by atoms with Gasteiger partial charge >= 0.3 is 5.97 Å². The van der Waals surface area contributed by atoms with Crippen LogP contribution in [0.1, 0.15) is 10.4 Å². The maximum absolute atomic E-state index is 13.5. The molecule has 0 saturated heterocycles. The lowest BCUT2D eigenvalue weighted by molar-refractivity contribution is -0.120. The summed E-state index contributed by atoms with van der Waals surface area (Å²) >= 11 is 0. The first kappa shape index (κ1) is 16.0. The fourth-order valence-electron chi connectivity index (χ4n) is 1.35. The van der Waals surface area contributed by atoms with Crippen LogP contribution >= 0.6 is 0 Å². The van der Waals surface area contributed by atoms with Gasteiger partial charge in [-0.05, 0) is 6.07 Å². The quantitative estimate of drug-likeness (QED) is 0.593. The normalized spacial score (nSPS) is 10.2. The van der Waals surface area contributed by atoms with E-state index < -0.39 is 29.1 Å². The molecule has 1 aromatic rings. The summed E-state index contributed by atoms with van der Waals surface area (Å²) in [5.41, 5.74) is 4.35. The molecule has 1 amide bonds. The second-order valence-corrected chi connectivity index (χ2v) is 3.69. The molecule has 0 spiro atoms. The third-order valence-corrected chi connectivity index (χ3v) is 2.23. The summed E-state index contributed by atoms with van der Waals surface area (Å²) in [6.45, 7) is 0.0823. The van der Waals surface area contributed by atoms with Crippen LogP contribution in [0.3, 0.4) is 0 Å². The number of rotatable bonds is 6. The van der Waals surface area contributed by atoms with E-state index in [0.717, 1.165) is 13.2 Å². The number of carbonyl (C=O) groups excluding carboxylic acids is 2. The van der Waals surface area contributed by atoms with E-state index in [1.165, 1.54) is 0 Å². The molecule has 6 nitrogen and oxygen atoms in total. The largest absolute Gasteiger partial charge is 0.465 e. The Labute approximate surface area is 113 Å². The summed E-state index contributed by atoms with van der Waals surface area (Å²) in [6, 6.07) is 1.35. The minimum Gasteiger partial charge on any atom is -0.465 e. The number of esters is 1. The van der Waals surface area contributed by atoms with E-state index in [1.807, 2.05) is 0 Å². The Morgan fingerprint density at radius 2 is 2.00 bits per heavy atom. The molecular formula is C12H14F2N2O4. The van der Waals surface area contributed by atoms with Gasteiger partial charge in [0.05, 0.1) is 25.0 Å². The highest BCUT2D eigenvalue weighted by molar-refractivity contribution is 5.95. The number of nitrogens with two attached hydrogens (primary N) is 1. The van der Waals surface area contributed by atoms with Crippen LogP contribution in [0.5, 0.6) is 0 Å². The minimum atomic E-state index is -1.08. The minimum absolute atomic E-state index is 0.173. The van der Waals surface area contributed by atoms with Crippen molar-refractivity contribution in [2.75, 3.05) is 32.2 Å². The summed E-state index contributed by atoms with van der Waals surface area (Å²) < 4.78 is 36.0. The molecule has 0 radical (unpaired) electrons. The molecule has 0 aliphatic heterocycles. The van der Waals surface area contributed by atoms with Crippen molar-refractivity contribution >= 4 is 17.6 Å². The Bertz CT molecular complexity index is 508. The standard InChI is InChI=1S/C12H14F2N2O4/c1-19-12(18)7-4-10(9(14)5-8(7)13)16-11(17)6-20-3-2-15/h4-5H,2-3,6,15H2,1H3,(H,16,17). The average Bonchev–Trinajstić information content (AvgIpc) is 2.41. The van der Waals surface area contributed by atoms with Crippen molar-refractivity contribution in [2.24, 2.45) is 5.73 Å². The molecule has 0 aliphatic carbocycles. The lowest BCUT2D eigenvalue weighted by Gasteiger charge is -2.09. The molecule has 3 N–H and O–H groups in total. The van der Waals surface area contributed by atoms with E-state index in [0.29, 0.717) is 6.07 Å². The molecule has 0 fully saturated rings. The van der Waals surface area contributed by atoms with Crippen molar-refractivity contribution in [1.29, 1.82) is 0 Å². The third kappa shape index (κ3) is 4.25. The second-order valence-electron chi connectivity index (χ2n) is 3.69. The monoisotopic (exact) mass is 288 g/mol. The van der Waals surface area contributed by atoms with Gasteiger partial charge in [-0.25, -0.2) is 13.6 Å². The smallest absolute Gasteiger partial charge is 0.340 e. The molecule has 0 aliphatic rings. The zero-order chi connectivity index (χ0) is 15.1. The van der Waals surface area contributed by atoms with E-state index in [-0.39, 0.29) is 25.4 Å². The van der Waals surface area contributed by atoms with Crippen LogP contribution in [0.4, 0.5) is 14.5 Å². The average molecular weight is 288 g/mol. The number of carbonyl (C=O) groups is 2. The second kappa shape index (κ2) is 7.51. The van der Waals surface area contributed by atoms with E-state index in [1.54, 1.807) is 0 Å². The maximum atomic E-state index is 13.5. The van der Waals surface area contributed by atoms with Crippen LogP contribution in [-0.2, 0) is 14.3 Å². The van der Waals surface area contributed by atoms with E-state index in [2.05, 4.69) is 10.1 Å². The van der Waals surface area contributed by atoms with E-state index >= 15 is 0 Å². The maximum Gasteiger partial charge on any atom is 0.340 e. The van der Waals surface area contributed by atoms with Crippen LogP contribution in [-0.4, -0.2) is 38.7 Å². The Kier molecular flexibility index (Phi) is 6.01. The van der Waals surface area contributed by atoms with Gasteiger partial charge in [0.2, 0.25) is 5.91 Å². The first-order chi connectivity index (χ1) is 9.49. The number of amides is 1. The summed E-state index contributed by atoms with van der Waals surface area (Å²) in [6.07, 6.45) is 0. The predicted molar refractivity (Wildman–Crippen MR) is 66.2 cm³/mol.